The van der Waals surface area contributed by atoms with E-state index in [4.69, 9.17) is 0 Å². The molecule has 1 nitrogen and oxygen atoms in total. The number of ether oxygens (including phenoxy) is 1. The van der Waals surface area contributed by atoms with Crippen LogP contribution in [0.25, 0.3) is 0 Å². The van der Waals surface area contributed by atoms with Crippen molar-refractivity contribution in [3.8, 4) is 0 Å². The molecule has 60 valence electrons. The van der Waals surface area contributed by atoms with Crippen molar-refractivity contribution in [2.75, 3.05) is 0 Å². The molecule has 0 saturated heterocycles. The Labute approximate surface area is 66.0 Å². The topological polar surface area (TPSA) is 9.23 Å². The number of rotatable bonds is 2. The van der Waals surface area contributed by atoms with Gasteiger partial charge in [0, 0.05) is 0 Å². The summed E-state index contributed by atoms with van der Waals surface area (Å²) in [5, 5.41) is 0. The van der Waals surface area contributed by atoms with Crippen molar-refractivity contribution in [2.45, 2.75) is 4.12 Å². The summed E-state index contributed by atoms with van der Waals surface area (Å²) < 4.78 is 55.3. The Hall–Kier alpha value is -0.0800. The Morgan fingerprint density at radius 1 is 1.20 bits per heavy atom. The molecule has 0 aliphatic heterocycles. The molecule has 10 heavy (non-hydrogen) atoms. The molecule has 0 N–H and O–H groups in total. The van der Waals surface area contributed by atoms with E-state index in [-0.39, 0.29) is 0 Å². The Morgan fingerprint density at radius 3 is 1.70 bits per heavy atom. The molecule has 0 aromatic rings. The van der Waals surface area contributed by atoms with Gasteiger partial charge < -0.3 is 4.74 Å². The van der Waals surface area contributed by atoms with Crippen molar-refractivity contribution < 1.29 is 26.7 Å². The lowest BCUT2D eigenvalue weighted by Gasteiger charge is -2.06. The molecular weight excluding hydrogens is 274 g/mol. The Balaban J connectivity index is 4.06. The molecule has 0 bridgehead atoms. The molecule has 0 aromatic carbocycles. The van der Waals surface area contributed by atoms with Gasteiger partial charge in [-0.15, -0.1) is 0 Å². The Kier molecular flexibility index (Phi) is 3.33. The predicted octanol–water partition coefficient (Wildman–Crippen LogP) is 3.02. The van der Waals surface area contributed by atoms with Crippen molar-refractivity contribution in [1.29, 1.82) is 0 Å². The Morgan fingerprint density at radius 2 is 1.60 bits per heavy atom. The van der Waals surface area contributed by atoms with Gasteiger partial charge in [0.05, 0.1) is 22.6 Å². The first-order valence-electron chi connectivity index (χ1n) is 1.79. The van der Waals surface area contributed by atoms with E-state index in [0.717, 1.165) is 0 Å². The smallest absolute Gasteiger partial charge is 0.394 e. The molecule has 0 atom stereocenters. The zero-order valence-electron chi connectivity index (χ0n) is 4.18. The lowest BCUT2D eigenvalue weighted by molar-refractivity contribution is -0.136. The van der Waals surface area contributed by atoms with E-state index in [1.54, 1.807) is 0 Å². The van der Waals surface area contributed by atoms with E-state index in [0.29, 0.717) is 22.6 Å². The van der Waals surface area contributed by atoms with Crippen molar-refractivity contribution in [2.24, 2.45) is 0 Å². The van der Waals surface area contributed by atoms with E-state index >= 15 is 0 Å². The van der Waals surface area contributed by atoms with Gasteiger partial charge in [0.1, 0.15) is 0 Å². The summed E-state index contributed by atoms with van der Waals surface area (Å²) in [5.41, 5.74) is 0. The largest absolute Gasteiger partial charge is 0.453 e. The molecule has 0 aliphatic rings. The van der Waals surface area contributed by atoms with Crippen molar-refractivity contribution >= 4 is 22.6 Å². The number of hydrogen-bond acceptors (Lipinski definition) is 1. The average Bonchev–Trinajstić information content (AvgIpc) is 1.60. The SMILES string of the molecule is FC(F)=C(F)OC(F)(F)I. The second-order valence-electron chi connectivity index (χ2n) is 1.08. The maximum atomic E-state index is 11.5. The predicted molar refractivity (Wildman–Crippen MR) is 30.4 cm³/mol. The van der Waals surface area contributed by atoms with Crippen LogP contribution in [0.15, 0.2) is 12.1 Å². The fraction of sp³-hybridized carbons (Fsp3) is 0.333. The summed E-state index contributed by atoms with van der Waals surface area (Å²) in [7, 11) is 0. The monoisotopic (exact) mass is 274 g/mol. The van der Waals surface area contributed by atoms with Crippen LogP contribution < -0.4 is 0 Å². The molecule has 0 amide bonds. The number of halogens is 6. The first-order chi connectivity index (χ1) is 4.33. The summed E-state index contributed by atoms with van der Waals surface area (Å²) in [6.07, 6.45) is -2.91. The van der Waals surface area contributed by atoms with Gasteiger partial charge in [-0.1, -0.05) is 0 Å². The minimum Gasteiger partial charge on any atom is -0.394 e. The molecule has 0 saturated carbocycles. The molecule has 0 spiro atoms. The first kappa shape index (κ1) is 9.92. The van der Waals surface area contributed by atoms with Gasteiger partial charge in [-0.2, -0.15) is 22.0 Å². The highest BCUT2D eigenvalue weighted by molar-refractivity contribution is 14.1. The van der Waals surface area contributed by atoms with E-state index in [1.807, 2.05) is 0 Å². The van der Waals surface area contributed by atoms with Gasteiger partial charge >= 0.3 is 16.2 Å². The van der Waals surface area contributed by atoms with Crippen LogP contribution in [0.1, 0.15) is 0 Å². The zero-order valence-corrected chi connectivity index (χ0v) is 6.33. The van der Waals surface area contributed by atoms with Gasteiger partial charge in [0.2, 0.25) is 0 Å². The van der Waals surface area contributed by atoms with Gasteiger partial charge in [0.15, 0.2) is 0 Å². The van der Waals surface area contributed by atoms with Crippen LogP contribution in [-0.2, 0) is 4.74 Å². The van der Waals surface area contributed by atoms with Gasteiger partial charge in [0.25, 0.3) is 0 Å². The highest BCUT2D eigenvalue weighted by Crippen LogP contribution is 2.28. The van der Waals surface area contributed by atoms with Gasteiger partial charge in [-0.3, -0.25) is 0 Å². The zero-order chi connectivity index (χ0) is 8.36. The number of hydrogen-bond donors (Lipinski definition) is 0. The molecular formula is C3F5IO. The Bertz CT molecular complexity index is 145. The van der Waals surface area contributed by atoms with Crippen LogP contribution in [0.5, 0.6) is 0 Å². The summed E-state index contributed by atoms with van der Waals surface area (Å²) in [4.78, 5) is 0. The van der Waals surface area contributed by atoms with Crippen LogP contribution in [-0.4, -0.2) is 4.12 Å². The van der Waals surface area contributed by atoms with Gasteiger partial charge in [-0.25, -0.2) is 0 Å². The minimum absolute atomic E-state index is 0.362. The van der Waals surface area contributed by atoms with Crippen LogP contribution in [0.2, 0.25) is 0 Å². The van der Waals surface area contributed by atoms with E-state index < -0.39 is 16.2 Å². The molecule has 0 aromatic heterocycles. The second-order valence-corrected chi connectivity index (χ2v) is 2.34. The summed E-state index contributed by atoms with van der Waals surface area (Å²) >= 11 is 0.362. The molecule has 0 aliphatic carbocycles. The van der Waals surface area contributed by atoms with E-state index in [1.165, 1.54) is 0 Å². The van der Waals surface area contributed by atoms with Crippen molar-refractivity contribution in [3.05, 3.63) is 12.1 Å². The van der Waals surface area contributed by atoms with Crippen LogP contribution in [0, 0.1) is 0 Å². The third-order valence-corrected chi connectivity index (χ3v) is 0.574. The van der Waals surface area contributed by atoms with Crippen LogP contribution in [0.4, 0.5) is 22.0 Å². The van der Waals surface area contributed by atoms with Crippen LogP contribution >= 0.6 is 22.6 Å². The maximum Gasteiger partial charge on any atom is 0.453 e. The maximum absolute atomic E-state index is 11.5. The average molecular weight is 274 g/mol. The molecule has 0 radical (unpaired) electrons. The normalized spacial score (nSPS) is 11.0. The first-order valence-corrected chi connectivity index (χ1v) is 2.87. The second kappa shape index (κ2) is 3.35. The lowest BCUT2D eigenvalue weighted by Crippen LogP contribution is -2.08. The summed E-state index contributed by atoms with van der Waals surface area (Å²) in [5.74, 6) is 0. The van der Waals surface area contributed by atoms with Gasteiger partial charge in [-0.05, 0) is 0 Å². The van der Waals surface area contributed by atoms with Crippen molar-refractivity contribution in [1.82, 2.24) is 0 Å². The van der Waals surface area contributed by atoms with E-state index in [9.17, 15) is 22.0 Å². The molecule has 0 unspecified atom stereocenters. The van der Waals surface area contributed by atoms with Crippen LogP contribution in [0.3, 0.4) is 0 Å². The molecule has 7 heteroatoms. The fourth-order valence-corrected chi connectivity index (χ4v) is 0.334. The van der Waals surface area contributed by atoms with E-state index in [2.05, 4.69) is 4.74 Å². The lowest BCUT2D eigenvalue weighted by atomic mass is 11.0. The quantitative estimate of drug-likeness (QED) is 0.325. The minimum atomic E-state index is -3.94. The highest BCUT2D eigenvalue weighted by atomic mass is 127. The third-order valence-electron chi connectivity index (χ3n) is 0.354. The van der Waals surface area contributed by atoms with Crippen molar-refractivity contribution in [3.63, 3.8) is 0 Å². The third kappa shape index (κ3) is 4.77. The highest BCUT2D eigenvalue weighted by Gasteiger charge is 2.29. The summed E-state index contributed by atoms with van der Waals surface area (Å²) in [6.45, 7) is 0. The molecule has 0 heterocycles. The molecule has 0 rings (SSSR count). The standard InChI is InChI=1S/C3F5IO/c4-1(5)2(6)10-3(7,8)9. The molecule has 0 fully saturated rings. The fourth-order valence-electron chi connectivity index (χ4n) is 0.140. The number of alkyl halides is 3. The summed E-state index contributed by atoms with van der Waals surface area (Å²) in [6, 6.07) is -2.56.